The van der Waals surface area contributed by atoms with Crippen molar-refractivity contribution in [2.24, 2.45) is 0 Å². The van der Waals surface area contributed by atoms with Gasteiger partial charge in [-0.15, -0.1) is 0 Å². The maximum absolute atomic E-state index is 11.8. The number of anilines is 1. The van der Waals surface area contributed by atoms with Crippen LogP contribution in [0.5, 0.6) is 0 Å². The lowest BCUT2D eigenvalue weighted by Gasteiger charge is -2.40. The molecule has 0 atom stereocenters. The van der Waals surface area contributed by atoms with E-state index in [1.165, 1.54) is 6.42 Å². The molecule has 3 N–H and O–H groups in total. The van der Waals surface area contributed by atoms with Crippen LogP contribution in [0.25, 0.3) is 0 Å². The van der Waals surface area contributed by atoms with Crippen molar-refractivity contribution in [2.45, 2.75) is 31.8 Å². The van der Waals surface area contributed by atoms with Crippen molar-refractivity contribution in [3.63, 3.8) is 0 Å². The van der Waals surface area contributed by atoms with Crippen LogP contribution >= 0.6 is 0 Å². The first-order chi connectivity index (χ1) is 8.62. The van der Waals surface area contributed by atoms with Gasteiger partial charge in [-0.25, -0.2) is 0 Å². The van der Waals surface area contributed by atoms with Gasteiger partial charge >= 0.3 is 0 Å². The first-order valence-electron chi connectivity index (χ1n) is 6.18. The van der Waals surface area contributed by atoms with E-state index in [9.17, 15) is 4.79 Å². The van der Waals surface area contributed by atoms with Gasteiger partial charge in [0, 0.05) is 26.4 Å². The van der Waals surface area contributed by atoms with Crippen LogP contribution in [-0.2, 0) is 4.74 Å². The van der Waals surface area contributed by atoms with E-state index < -0.39 is 0 Å². The molecule has 0 spiro atoms. The molecule has 1 heterocycles. The summed E-state index contributed by atoms with van der Waals surface area (Å²) in [7, 11) is 3.34. The molecule has 0 aromatic carbocycles. The second-order valence-electron chi connectivity index (χ2n) is 4.75. The zero-order valence-corrected chi connectivity index (χ0v) is 11.1. The number of carbonyl (C=O) groups is 1. The van der Waals surface area contributed by atoms with Crippen LogP contribution in [-0.4, -0.2) is 42.4 Å². The second-order valence-corrected chi connectivity index (χ2v) is 4.75. The third-order valence-corrected chi connectivity index (χ3v) is 3.68. The molecular weight excluding hydrogens is 232 g/mol. The molecule has 0 aliphatic heterocycles. The number of nitrogens with one attached hydrogen (secondary N) is 3. The summed E-state index contributed by atoms with van der Waals surface area (Å²) in [4.78, 5) is 11.8. The number of ether oxygens (including phenoxy) is 1. The normalized spacial score (nSPS) is 17.1. The predicted molar refractivity (Wildman–Crippen MR) is 68.8 cm³/mol. The Morgan fingerprint density at radius 3 is 2.78 bits per heavy atom. The highest BCUT2D eigenvalue weighted by Crippen LogP contribution is 2.35. The van der Waals surface area contributed by atoms with Crippen LogP contribution < -0.4 is 10.6 Å². The molecule has 1 aromatic heterocycles. The quantitative estimate of drug-likeness (QED) is 0.732. The van der Waals surface area contributed by atoms with Crippen molar-refractivity contribution in [3.05, 3.63) is 11.3 Å². The fourth-order valence-electron chi connectivity index (χ4n) is 2.23. The molecule has 1 amide bonds. The molecule has 0 unspecified atom stereocenters. The van der Waals surface area contributed by atoms with Crippen LogP contribution in [0.3, 0.4) is 0 Å². The lowest BCUT2D eigenvalue weighted by molar-refractivity contribution is -0.0601. The number of H-pyrrole nitrogens is 1. The molecule has 6 heteroatoms. The lowest BCUT2D eigenvalue weighted by atomic mass is 9.80. The van der Waals surface area contributed by atoms with Crippen molar-refractivity contribution in [3.8, 4) is 0 Å². The SMILES string of the molecule is CNC(=O)c1c(NCC2(OC)CCC2)n[nH]c1C. The molecule has 6 nitrogen and oxygen atoms in total. The van der Waals surface area contributed by atoms with E-state index in [4.69, 9.17) is 4.74 Å². The summed E-state index contributed by atoms with van der Waals surface area (Å²) in [5.41, 5.74) is 1.24. The van der Waals surface area contributed by atoms with Crippen LogP contribution in [0, 0.1) is 6.92 Å². The highest BCUT2D eigenvalue weighted by atomic mass is 16.5. The molecule has 0 bridgehead atoms. The van der Waals surface area contributed by atoms with Gasteiger partial charge in [-0.1, -0.05) is 0 Å². The average Bonchev–Trinajstić information content (AvgIpc) is 2.69. The second kappa shape index (κ2) is 4.97. The number of aryl methyl sites for hydroxylation is 1. The molecular formula is C12H20N4O2. The number of rotatable bonds is 5. The minimum absolute atomic E-state index is 0.0905. The summed E-state index contributed by atoms with van der Waals surface area (Å²) in [5, 5.41) is 12.8. The Labute approximate surface area is 106 Å². The van der Waals surface area contributed by atoms with E-state index in [-0.39, 0.29) is 11.5 Å². The van der Waals surface area contributed by atoms with E-state index in [2.05, 4.69) is 20.8 Å². The third-order valence-electron chi connectivity index (χ3n) is 3.68. The van der Waals surface area contributed by atoms with E-state index in [0.29, 0.717) is 17.9 Å². The van der Waals surface area contributed by atoms with Crippen LogP contribution in [0.2, 0.25) is 0 Å². The standard InChI is InChI=1S/C12H20N4O2/c1-8-9(11(17)13-2)10(16-15-8)14-7-12(18-3)5-4-6-12/h4-7H2,1-3H3,(H,13,17)(H2,14,15,16). The van der Waals surface area contributed by atoms with E-state index in [0.717, 1.165) is 18.5 Å². The summed E-state index contributed by atoms with van der Waals surface area (Å²) in [6.45, 7) is 2.51. The van der Waals surface area contributed by atoms with Gasteiger partial charge < -0.3 is 15.4 Å². The fourth-order valence-corrected chi connectivity index (χ4v) is 2.23. The van der Waals surface area contributed by atoms with E-state index in [1.54, 1.807) is 14.2 Å². The highest BCUT2D eigenvalue weighted by molar-refractivity contribution is 5.99. The molecule has 1 aliphatic rings. The van der Waals surface area contributed by atoms with Crippen LogP contribution in [0.4, 0.5) is 5.82 Å². The van der Waals surface area contributed by atoms with Gasteiger partial charge in [-0.05, 0) is 26.2 Å². The maximum Gasteiger partial charge on any atom is 0.256 e. The summed E-state index contributed by atoms with van der Waals surface area (Å²) in [6, 6.07) is 0. The highest BCUT2D eigenvalue weighted by Gasteiger charge is 2.37. The van der Waals surface area contributed by atoms with Gasteiger partial charge in [0.15, 0.2) is 5.82 Å². The molecule has 18 heavy (non-hydrogen) atoms. The topological polar surface area (TPSA) is 79.0 Å². The van der Waals surface area contributed by atoms with Crippen LogP contribution in [0.15, 0.2) is 0 Å². The Bertz CT molecular complexity index is 432. The van der Waals surface area contributed by atoms with Gasteiger partial charge in [-0.3, -0.25) is 9.89 Å². The largest absolute Gasteiger partial charge is 0.376 e. The van der Waals surface area contributed by atoms with Gasteiger partial charge in [0.05, 0.1) is 5.60 Å². The van der Waals surface area contributed by atoms with Crippen LogP contribution in [0.1, 0.15) is 35.3 Å². The Morgan fingerprint density at radius 1 is 1.56 bits per heavy atom. The van der Waals surface area contributed by atoms with Crippen molar-refractivity contribution in [1.29, 1.82) is 0 Å². The maximum atomic E-state index is 11.8. The number of methoxy groups -OCH3 is 1. The van der Waals surface area contributed by atoms with Gasteiger partial charge in [0.1, 0.15) is 5.56 Å². The number of hydrogen-bond donors (Lipinski definition) is 3. The fraction of sp³-hybridized carbons (Fsp3) is 0.667. The summed E-state index contributed by atoms with van der Waals surface area (Å²) in [5.74, 6) is 0.457. The molecule has 0 saturated heterocycles. The number of amides is 1. The number of aromatic amines is 1. The number of nitrogens with zero attached hydrogens (tertiary/aromatic N) is 1. The first-order valence-corrected chi connectivity index (χ1v) is 6.18. The van der Waals surface area contributed by atoms with Crippen molar-refractivity contribution >= 4 is 11.7 Å². The molecule has 1 saturated carbocycles. The Balaban J connectivity index is 2.07. The third kappa shape index (κ3) is 2.20. The monoisotopic (exact) mass is 252 g/mol. The molecule has 0 radical (unpaired) electrons. The zero-order chi connectivity index (χ0) is 13.2. The van der Waals surface area contributed by atoms with Crippen molar-refractivity contribution in [1.82, 2.24) is 15.5 Å². The number of aromatic nitrogens is 2. The van der Waals surface area contributed by atoms with Gasteiger partial charge in [-0.2, -0.15) is 5.10 Å². The summed E-state index contributed by atoms with van der Waals surface area (Å²) in [6.07, 6.45) is 3.29. The van der Waals surface area contributed by atoms with Gasteiger partial charge in [0.2, 0.25) is 0 Å². The zero-order valence-electron chi connectivity index (χ0n) is 11.1. The smallest absolute Gasteiger partial charge is 0.256 e. The van der Waals surface area contributed by atoms with Gasteiger partial charge in [0.25, 0.3) is 5.91 Å². The van der Waals surface area contributed by atoms with E-state index >= 15 is 0 Å². The molecule has 1 aromatic rings. The van der Waals surface area contributed by atoms with Crippen molar-refractivity contribution < 1.29 is 9.53 Å². The lowest BCUT2D eigenvalue weighted by Crippen LogP contribution is -2.45. The molecule has 2 rings (SSSR count). The Hall–Kier alpha value is -1.56. The van der Waals surface area contributed by atoms with Crippen molar-refractivity contribution in [2.75, 3.05) is 26.0 Å². The molecule has 1 fully saturated rings. The average molecular weight is 252 g/mol. The first kappa shape index (κ1) is 12.9. The summed E-state index contributed by atoms with van der Waals surface area (Å²) >= 11 is 0. The minimum atomic E-state index is -0.135. The van der Waals surface area contributed by atoms with E-state index in [1.807, 2.05) is 6.92 Å². The summed E-state index contributed by atoms with van der Waals surface area (Å²) < 4.78 is 5.53. The molecule has 100 valence electrons. The predicted octanol–water partition coefficient (Wildman–Crippen LogP) is 1.06. The Morgan fingerprint density at radius 2 is 2.28 bits per heavy atom. The minimum Gasteiger partial charge on any atom is -0.376 e. The Kier molecular flexibility index (Phi) is 3.56. The molecule has 1 aliphatic carbocycles. The number of hydrogen-bond acceptors (Lipinski definition) is 4. The number of carbonyl (C=O) groups excluding carboxylic acids is 1.